The first-order valence-corrected chi connectivity index (χ1v) is 4.94. The third-order valence-electron chi connectivity index (χ3n) is 2.11. The molecule has 2 rings (SSSR count). The zero-order valence-electron chi connectivity index (χ0n) is 8.63. The minimum Gasteiger partial charge on any atom is -0.347 e. The average molecular weight is 213 g/mol. The number of nitrogens with one attached hydrogen (secondary N) is 1. The lowest BCUT2D eigenvalue weighted by Gasteiger charge is -2.03. The molecule has 0 aliphatic heterocycles. The van der Waals surface area contributed by atoms with E-state index in [1.807, 2.05) is 30.3 Å². The van der Waals surface area contributed by atoms with Gasteiger partial charge in [0.25, 0.3) is 5.91 Å². The van der Waals surface area contributed by atoms with Gasteiger partial charge in [0.15, 0.2) is 0 Å². The molecule has 4 nitrogen and oxygen atoms in total. The highest BCUT2D eigenvalue weighted by atomic mass is 16.1. The number of carbonyl (C=O) groups excluding carboxylic acids is 1. The van der Waals surface area contributed by atoms with Crippen LogP contribution in [0.2, 0.25) is 0 Å². The van der Waals surface area contributed by atoms with Crippen LogP contribution in [-0.2, 0) is 6.54 Å². The molecule has 1 heterocycles. The molecule has 0 saturated heterocycles. The summed E-state index contributed by atoms with van der Waals surface area (Å²) in [6, 6.07) is 11.3. The molecule has 0 unspecified atom stereocenters. The molecule has 16 heavy (non-hydrogen) atoms. The third kappa shape index (κ3) is 2.63. The highest BCUT2D eigenvalue weighted by Gasteiger charge is 2.04. The Labute approximate surface area is 93.4 Å². The monoisotopic (exact) mass is 213 g/mol. The number of amides is 1. The van der Waals surface area contributed by atoms with Crippen molar-refractivity contribution < 1.29 is 4.79 Å². The molecular formula is C12H11N3O. The van der Waals surface area contributed by atoms with Crippen molar-refractivity contribution in [1.82, 2.24) is 15.3 Å². The summed E-state index contributed by atoms with van der Waals surface area (Å²) in [6.07, 6.45) is 2.90. The second-order valence-electron chi connectivity index (χ2n) is 3.26. The number of aromatic nitrogens is 2. The number of hydrogen-bond donors (Lipinski definition) is 1. The molecule has 0 fully saturated rings. The first-order valence-electron chi connectivity index (χ1n) is 4.94. The van der Waals surface area contributed by atoms with E-state index in [-0.39, 0.29) is 5.91 Å². The predicted molar refractivity (Wildman–Crippen MR) is 59.6 cm³/mol. The van der Waals surface area contributed by atoms with Gasteiger partial charge in [-0.2, -0.15) is 0 Å². The molecule has 0 aliphatic rings. The molecule has 0 bridgehead atoms. The summed E-state index contributed by atoms with van der Waals surface area (Å²) in [6.45, 7) is 0.504. The molecule has 0 saturated carbocycles. The van der Waals surface area contributed by atoms with E-state index in [0.29, 0.717) is 12.2 Å². The van der Waals surface area contributed by atoms with E-state index in [1.165, 1.54) is 6.33 Å². The second kappa shape index (κ2) is 5.02. The van der Waals surface area contributed by atoms with Crippen LogP contribution in [0.15, 0.2) is 48.9 Å². The summed E-state index contributed by atoms with van der Waals surface area (Å²) < 4.78 is 0. The van der Waals surface area contributed by atoms with E-state index in [1.54, 1.807) is 12.3 Å². The summed E-state index contributed by atoms with van der Waals surface area (Å²) >= 11 is 0. The van der Waals surface area contributed by atoms with Crippen LogP contribution < -0.4 is 5.32 Å². The minimum atomic E-state index is -0.189. The van der Waals surface area contributed by atoms with Crippen LogP contribution >= 0.6 is 0 Å². The van der Waals surface area contributed by atoms with E-state index in [9.17, 15) is 4.79 Å². The van der Waals surface area contributed by atoms with Crippen LogP contribution in [0.4, 0.5) is 0 Å². The van der Waals surface area contributed by atoms with Crippen LogP contribution in [-0.4, -0.2) is 15.9 Å². The van der Waals surface area contributed by atoms with Crippen LogP contribution in [0.3, 0.4) is 0 Å². The minimum absolute atomic E-state index is 0.189. The van der Waals surface area contributed by atoms with Crippen LogP contribution in [0.25, 0.3) is 0 Å². The van der Waals surface area contributed by atoms with E-state index in [0.717, 1.165) is 5.56 Å². The maximum Gasteiger partial charge on any atom is 0.270 e. The third-order valence-corrected chi connectivity index (χ3v) is 2.11. The summed E-state index contributed by atoms with van der Waals surface area (Å²) in [5.41, 5.74) is 1.44. The Hall–Kier alpha value is -2.23. The molecule has 4 heteroatoms. The molecule has 1 aromatic carbocycles. The first kappa shape index (κ1) is 10.3. The zero-order chi connectivity index (χ0) is 11.2. The zero-order valence-corrected chi connectivity index (χ0v) is 8.63. The fourth-order valence-electron chi connectivity index (χ4n) is 1.29. The van der Waals surface area contributed by atoms with Gasteiger partial charge >= 0.3 is 0 Å². The Kier molecular flexibility index (Phi) is 3.23. The number of nitrogens with zero attached hydrogens (tertiary/aromatic N) is 2. The first-order chi connectivity index (χ1) is 7.86. The van der Waals surface area contributed by atoms with Crippen molar-refractivity contribution in [1.29, 1.82) is 0 Å². The smallest absolute Gasteiger partial charge is 0.270 e. The average Bonchev–Trinajstić information content (AvgIpc) is 2.38. The van der Waals surface area contributed by atoms with Gasteiger partial charge in [0.2, 0.25) is 0 Å². The Bertz CT molecular complexity index is 456. The SMILES string of the molecule is O=C(NCc1ccccc1)c1ccncn1. The lowest BCUT2D eigenvalue weighted by Crippen LogP contribution is -2.23. The highest BCUT2D eigenvalue weighted by Crippen LogP contribution is 1.98. The van der Waals surface area contributed by atoms with Crippen LogP contribution in [0.1, 0.15) is 16.1 Å². The maximum absolute atomic E-state index is 11.6. The molecule has 1 aromatic heterocycles. The van der Waals surface area contributed by atoms with E-state index in [2.05, 4.69) is 15.3 Å². The quantitative estimate of drug-likeness (QED) is 0.838. The normalized spacial score (nSPS) is 9.75. The van der Waals surface area contributed by atoms with Crippen LogP contribution in [0, 0.1) is 0 Å². The fraction of sp³-hybridized carbons (Fsp3) is 0.0833. The summed E-state index contributed by atoms with van der Waals surface area (Å²) in [7, 11) is 0. The Morgan fingerprint density at radius 2 is 2.00 bits per heavy atom. The second-order valence-corrected chi connectivity index (χ2v) is 3.26. The molecule has 80 valence electrons. The number of carbonyl (C=O) groups is 1. The summed E-state index contributed by atoms with van der Waals surface area (Å²) in [5, 5.41) is 2.79. The number of rotatable bonds is 3. The maximum atomic E-state index is 11.6. The molecule has 0 spiro atoms. The Morgan fingerprint density at radius 3 is 2.69 bits per heavy atom. The van der Waals surface area contributed by atoms with Crippen LogP contribution in [0.5, 0.6) is 0 Å². The lowest BCUT2D eigenvalue weighted by molar-refractivity contribution is 0.0945. The van der Waals surface area contributed by atoms with Crippen molar-refractivity contribution in [2.45, 2.75) is 6.54 Å². The topological polar surface area (TPSA) is 54.9 Å². The molecule has 1 amide bonds. The van der Waals surface area contributed by atoms with Gasteiger partial charge in [-0.15, -0.1) is 0 Å². The van der Waals surface area contributed by atoms with Gasteiger partial charge in [0.05, 0.1) is 0 Å². The van der Waals surface area contributed by atoms with E-state index >= 15 is 0 Å². The summed E-state index contributed by atoms with van der Waals surface area (Å²) in [5.74, 6) is -0.189. The lowest BCUT2D eigenvalue weighted by atomic mass is 10.2. The molecule has 0 atom stereocenters. The van der Waals surface area contributed by atoms with Crippen molar-refractivity contribution in [2.24, 2.45) is 0 Å². The van der Waals surface area contributed by atoms with Crippen molar-refractivity contribution in [2.75, 3.05) is 0 Å². The Morgan fingerprint density at radius 1 is 1.19 bits per heavy atom. The van der Waals surface area contributed by atoms with Crippen molar-refractivity contribution in [3.8, 4) is 0 Å². The van der Waals surface area contributed by atoms with Gasteiger partial charge in [0, 0.05) is 12.7 Å². The number of benzene rings is 1. The standard InChI is InChI=1S/C12H11N3O/c16-12(11-6-7-13-9-15-11)14-8-10-4-2-1-3-5-10/h1-7,9H,8H2,(H,14,16). The van der Waals surface area contributed by atoms with E-state index in [4.69, 9.17) is 0 Å². The number of hydrogen-bond acceptors (Lipinski definition) is 3. The Balaban J connectivity index is 1.95. The largest absolute Gasteiger partial charge is 0.347 e. The fourth-order valence-corrected chi connectivity index (χ4v) is 1.29. The van der Waals surface area contributed by atoms with Crippen molar-refractivity contribution in [3.63, 3.8) is 0 Å². The highest BCUT2D eigenvalue weighted by molar-refractivity contribution is 5.91. The van der Waals surface area contributed by atoms with Gasteiger partial charge < -0.3 is 5.32 Å². The van der Waals surface area contributed by atoms with E-state index < -0.39 is 0 Å². The molecular weight excluding hydrogens is 202 g/mol. The van der Waals surface area contributed by atoms with Crippen molar-refractivity contribution >= 4 is 5.91 Å². The molecule has 0 aliphatic carbocycles. The molecule has 2 aromatic rings. The molecule has 0 radical (unpaired) electrons. The van der Waals surface area contributed by atoms with Gasteiger partial charge in [-0.05, 0) is 11.6 Å². The summed E-state index contributed by atoms with van der Waals surface area (Å²) in [4.78, 5) is 19.2. The predicted octanol–water partition coefficient (Wildman–Crippen LogP) is 1.41. The van der Waals surface area contributed by atoms with Gasteiger partial charge in [-0.25, -0.2) is 9.97 Å². The van der Waals surface area contributed by atoms with Gasteiger partial charge in [-0.1, -0.05) is 30.3 Å². The van der Waals surface area contributed by atoms with Gasteiger partial charge in [-0.3, -0.25) is 4.79 Å². The van der Waals surface area contributed by atoms with Gasteiger partial charge in [0.1, 0.15) is 12.0 Å². The van der Waals surface area contributed by atoms with Crippen molar-refractivity contribution in [3.05, 3.63) is 60.2 Å². The molecule has 1 N–H and O–H groups in total.